The van der Waals surface area contributed by atoms with Crippen molar-refractivity contribution in [1.82, 2.24) is 9.97 Å². The lowest BCUT2D eigenvalue weighted by Gasteiger charge is -1.98. The topological polar surface area (TPSA) is 88.9 Å². The quantitative estimate of drug-likeness (QED) is 0.489. The SMILES string of the molecule is O=c1[nH]cc(I)c2ncc([N+](=O)[O-])cc12. The number of nitro groups is 1. The Balaban J connectivity index is 2.87. The number of aromatic amines is 1. The minimum absolute atomic E-state index is 0.185. The molecule has 0 saturated heterocycles. The predicted octanol–water partition coefficient (Wildman–Crippen LogP) is 1.44. The summed E-state index contributed by atoms with van der Waals surface area (Å²) in [5.41, 5.74) is -0.0819. The van der Waals surface area contributed by atoms with Gasteiger partial charge in [-0.2, -0.15) is 0 Å². The van der Waals surface area contributed by atoms with Gasteiger partial charge in [-0.3, -0.25) is 14.9 Å². The molecule has 0 bridgehead atoms. The molecule has 76 valence electrons. The second-order valence-electron chi connectivity index (χ2n) is 2.81. The monoisotopic (exact) mass is 317 g/mol. The molecule has 0 atom stereocenters. The molecule has 0 aromatic carbocycles. The van der Waals surface area contributed by atoms with E-state index in [2.05, 4.69) is 9.97 Å². The molecule has 1 N–H and O–H groups in total. The number of halogens is 1. The molecule has 0 aliphatic carbocycles. The molecule has 7 heteroatoms. The molecule has 0 aliphatic rings. The van der Waals surface area contributed by atoms with E-state index in [1.54, 1.807) is 0 Å². The van der Waals surface area contributed by atoms with Crippen LogP contribution in [-0.4, -0.2) is 14.9 Å². The van der Waals surface area contributed by atoms with Gasteiger partial charge < -0.3 is 4.98 Å². The number of hydrogen-bond donors (Lipinski definition) is 1. The molecule has 0 aliphatic heterocycles. The van der Waals surface area contributed by atoms with Crippen LogP contribution in [0.3, 0.4) is 0 Å². The second-order valence-corrected chi connectivity index (χ2v) is 3.97. The van der Waals surface area contributed by atoms with E-state index in [0.29, 0.717) is 5.52 Å². The highest BCUT2D eigenvalue weighted by Crippen LogP contribution is 2.18. The Morgan fingerprint density at radius 3 is 2.93 bits per heavy atom. The predicted molar refractivity (Wildman–Crippen MR) is 61.7 cm³/mol. The molecular formula is C8H4IN3O3. The van der Waals surface area contributed by atoms with Gasteiger partial charge in [-0.15, -0.1) is 0 Å². The van der Waals surface area contributed by atoms with Crippen LogP contribution >= 0.6 is 22.6 Å². The fourth-order valence-corrected chi connectivity index (χ4v) is 1.78. The molecule has 0 saturated carbocycles. The first-order valence-electron chi connectivity index (χ1n) is 3.91. The Hall–Kier alpha value is -1.51. The van der Waals surface area contributed by atoms with Gasteiger partial charge in [0.15, 0.2) is 0 Å². The highest BCUT2D eigenvalue weighted by molar-refractivity contribution is 14.1. The number of nitrogens with zero attached hydrogens (tertiary/aromatic N) is 2. The molecule has 0 amide bonds. The van der Waals surface area contributed by atoms with E-state index in [4.69, 9.17) is 0 Å². The largest absolute Gasteiger partial charge is 0.327 e. The van der Waals surface area contributed by atoms with Crippen LogP contribution in [0.1, 0.15) is 0 Å². The third-order valence-electron chi connectivity index (χ3n) is 1.88. The van der Waals surface area contributed by atoms with E-state index in [0.717, 1.165) is 9.77 Å². The molecule has 2 aromatic heterocycles. The van der Waals surface area contributed by atoms with E-state index in [-0.39, 0.29) is 16.6 Å². The van der Waals surface area contributed by atoms with Gasteiger partial charge in [0.2, 0.25) is 0 Å². The molecule has 0 fully saturated rings. The number of H-pyrrole nitrogens is 1. The summed E-state index contributed by atoms with van der Waals surface area (Å²) in [7, 11) is 0. The fraction of sp³-hybridized carbons (Fsp3) is 0. The van der Waals surface area contributed by atoms with Gasteiger partial charge in [0.05, 0.1) is 19.4 Å². The van der Waals surface area contributed by atoms with Crippen molar-refractivity contribution >= 4 is 39.2 Å². The molecule has 6 nitrogen and oxygen atoms in total. The normalized spacial score (nSPS) is 10.5. The lowest BCUT2D eigenvalue weighted by atomic mass is 10.2. The Kier molecular flexibility index (Phi) is 2.39. The van der Waals surface area contributed by atoms with Crippen molar-refractivity contribution < 1.29 is 4.92 Å². The molecule has 0 spiro atoms. The summed E-state index contributed by atoms with van der Waals surface area (Å²) in [5.74, 6) is 0. The molecule has 2 heterocycles. The summed E-state index contributed by atoms with van der Waals surface area (Å²) in [6, 6.07) is 1.23. The number of fused-ring (bicyclic) bond motifs is 1. The lowest BCUT2D eigenvalue weighted by Crippen LogP contribution is -2.07. The third kappa shape index (κ3) is 1.69. The van der Waals surface area contributed by atoms with Gasteiger partial charge in [-0.25, -0.2) is 4.98 Å². The van der Waals surface area contributed by atoms with Gasteiger partial charge in [-0.05, 0) is 22.6 Å². The van der Waals surface area contributed by atoms with E-state index in [1.165, 1.54) is 12.3 Å². The summed E-state index contributed by atoms with van der Waals surface area (Å²) >= 11 is 2.00. The van der Waals surface area contributed by atoms with Crippen molar-refractivity contribution in [2.24, 2.45) is 0 Å². The van der Waals surface area contributed by atoms with E-state index in [9.17, 15) is 14.9 Å². The first-order chi connectivity index (χ1) is 7.09. The van der Waals surface area contributed by atoms with E-state index in [1.807, 2.05) is 22.6 Å². The number of pyridine rings is 2. The molecular weight excluding hydrogens is 313 g/mol. The zero-order chi connectivity index (χ0) is 11.0. The van der Waals surface area contributed by atoms with Crippen LogP contribution in [0.5, 0.6) is 0 Å². The number of hydrogen-bond acceptors (Lipinski definition) is 4. The summed E-state index contributed by atoms with van der Waals surface area (Å²) in [5, 5.41) is 10.7. The van der Waals surface area contributed by atoms with Crippen molar-refractivity contribution in [2.45, 2.75) is 0 Å². The summed E-state index contributed by atoms with van der Waals surface area (Å²) in [6.07, 6.45) is 2.66. The Morgan fingerprint density at radius 1 is 1.53 bits per heavy atom. The second kappa shape index (κ2) is 3.57. The Labute approximate surface area is 96.6 Å². The van der Waals surface area contributed by atoms with Gasteiger partial charge in [0, 0.05) is 12.3 Å². The average molecular weight is 317 g/mol. The number of nitrogens with one attached hydrogen (secondary N) is 1. The van der Waals surface area contributed by atoms with Crippen LogP contribution in [-0.2, 0) is 0 Å². The van der Waals surface area contributed by atoms with Crippen molar-refractivity contribution in [3.63, 3.8) is 0 Å². The summed E-state index contributed by atoms with van der Waals surface area (Å²) < 4.78 is 0.747. The maximum absolute atomic E-state index is 11.4. The molecule has 2 aromatic rings. The molecule has 0 radical (unpaired) electrons. The van der Waals surface area contributed by atoms with Crippen LogP contribution in [0.15, 0.2) is 23.3 Å². The first kappa shape index (κ1) is 10.0. The van der Waals surface area contributed by atoms with Crippen molar-refractivity contribution in [1.29, 1.82) is 0 Å². The van der Waals surface area contributed by atoms with Crippen LogP contribution in [0.4, 0.5) is 5.69 Å². The van der Waals surface area contributed by atoms with E-state index >= 15 is 0 Å². The average Bonchev–Trinajstić information content (AvgIpc) is 2.23. The minimum Gasteiger partial charge on any atom is -0.327 e. The van der Waals surface area contributed by atoms with Crippen LogP contribution in [0, 0.1) is 13.7 Å². The van der Waals surface area contributed by atoms with Crippen LogP contribution in [0.2, 0.25) is 0 Å². The van der Waals surface area contributed by atoms with Crippen molar-refractivity contribution in [3.8, 4) is 0 Å². The zero-order valence-electron chi connectivity index (χ0n) is 7.23. The standard InChI is InChI=1S/C8H4IN3O3/c9-6-3-11-8(13)5-1-4(12(14)15)2-10-7(5)6/h1-3H,(H,11,13). The summed E-state index contributed by atoms with van der Waals surface area (Å²) in [6.45, 7) is 0. The van der Waals surface area contributed by atoms with Gasteiger partial charge >= 0.3 is 0 Å². The summed E-state index contributed by atoms with van der Waals surface area (Å²) in [4.78, 5) is 27.7. The number of rotatable bonds is 1. The van der Waals surface area contributed by atoms with Crippen molar-refractivity contribution in [3.05, 3.63) is 42.5 Å². The highest BCUT2D eigenvalue weighted by Gasteiger charge is 2.11. The number of aromatic nitrogens is 2. The highest BCUT2D eigenvalue weighted by atomic mass is 127. The third-order valence-corrected chi connectivity index (χ3v) is 2.71. The lowest BCUT2D eigenvalue weighted by molar-refractivity contribution is -0.385. The fourth-order valence-electron chi connectivity index (χ4n) is 1.19. The molecule has 2 rings (SSSR count). The van der Waals surface area contributed by atoms with Gasteiger partial charge in [0.25, 0.3) is 11.2 Å². The van der Waals surface area contributed by atoms with Crippen molar-refractivity contribution in [2.75, 3.05) is 0 Å². The van der Waals surface area contributed by atoms with Gasteiger partial charge in [-0.1, -0.05) is 0 Å². The van der Waals surface area contributed by atoms with Gasteiger partial charge in [0.1, 0.15) is 6.20 Å². The molecule has 0 unspecified atom stereocenters. The Morgan fingerprint density at radius 2 is 2.27 bits per heavy atom. The maximum atomic E-state index is 11.4. The Bertz CT molecular complexity index is 608. The minimum atomic E-state index is -0.578. The molecule has 15 heavy (non-hydrogen) atoms. The first-order valence-corrected chi connectivity index (χ1v) is 4.99. The van der Waals surface area contributed by atoms with Crippen LogP contribution in [0.25, 0.3) is 10.9 Å². The zero-order valence-corrected chi connectivity index (χ0v) is 9.39. The smallest absolute Gasteiger partial charge is 0.288 e. The maximum Gasteiger partial charge on any atom is 0.288 e. The van der Waals surface area contributed by atoms with E-state index < -0.39 is 4.92 Å². The van der Waals surface area contributed by atoms with Crippen LogP contribution < -0.4 is 5.56 Å².